The highest BCUT2D eigenvalue weighted by Crippen LogP contribution is 2.30. The van der Waals surface area contributed by atoms with Crippen LogP contribution in [-0.2, 0) is 11.3 Å². The fraction of sp³-hybridized carbons (Fsp3) is 0.571. The van der Waals surface area contributed by atoms with Crippen LogP contribution in [0.5, 0.6) is 5.75 Å². The smallest absolute Gasteiger partial charge is 0.125 e. The van der Waals surface area contributed by atoms with Gasteiger partial charge in [0.25, 0.3) is 0 Å². The van der Waals surface area contributed by atoms with Crippen LogP contribution in [0.4, 0.5) is 0 Å². The van der Waals surface area contributed by atoms with Crippen LogP contribution in [0, 0.1) is 0 Å². The fourth-order valence-corrected chi connectivity index (χ4v) is 2.98. The van der Waals surface area contributed by atoms with Gasteiger partial charge in [-0.1, -0.05) is 13.0 Å². The molecule has 1 unspecified atom stereocenters. The molecule has 18 heavy (non-hydrogen) atoms. The van der Waals surface area contributed by atoms with Gasteiger partial charge < -0.3 is 15.2 Å². The Hall–Kier alpha value is -0.710. The van der Waals surface area contributed by atoms with Gasteiger partial charge in [0.2, 0.25) is 0 Å². The van der Waals surface area contributed by atoms with E-state index in [0.29, 0.717) is 13.2 Å². The maximum Gasteiger partial charge on any atom is 0.125 e. The molecule has 1 aromatic rings. The lowest BCUT2D eigenvalue weighted by atomic mass is 10.2. The number of hydrogen-bond acceptors (Lipinski definition) is 4. The summed E-state index contributed by atoms with van der Waals surface area (Å²) in [7, 11) is 0. The van der Waals surface area contributed by atoms with Crippen LogP contribution in [-0.4, -0.2) is 25.1 Å². The van der Waals surface area contributed by atoms with Gasteiger partial charge in [-0.15, -0.1) is 11.8 Å². The van der Waals surface area contributed by atoms with Crippen LogP contribution in [0.15, 0.2) is 23.1 Å². The van der Waals surface area contributed by atoms with Gasteiger partial charge in [-0.25, -0.2) is 0 Å². The van der Waals surface area contributed by atoms with Crippen LogP contribution in [0.2, 0.25) is 0 Å². The molecule has 0 radical (unpaired) electrons. The average molecular weight is 267 g/mol. The molecule has 0 bridgehead atoms. The summed E-state index contributed by atoms with van der Waals surface area (Å²) in [6.45, 7) is 4.16. The zero-order chi connectivity index (χ0) is 12.8. The van der Waals surface area contributed by atoms with Gasteiger partial charge in [-0.05, 0) is 30.7 Å². The summed E-state index contributed by atoms with van der Waals surface area (Å²) >= 11 is 1.81. The first kappa shape index (κ1) is 13.7. The van der Waals surface area contributed by atoms with Gasteiger partial charge >= 0.3 is 0 Å². The monoisotopic (exact) mass is 267 g/mol. The third kappa shape index (κ3) is 3.40. The molecule has 0 aliphatic carbocycles. The molecule has 4 heteroatoms. The molecule has 0 aromatic heterocycles. The third-order valence-corrected chi connectivity index (χ3v) is 4.02. The first-order valence-electron chi connectivity index (χ1n) is 6.54. The minimum atomic E-state index is 0.248. The first-order chi connectivity index (χ1) is 8.85. The Balaban J connectivity index is 2.03. The van der Waals surface area contributed by atoms with Gasteiger partial charge in [-0.2, -0.15) is 0 Å². The van der Waals surface area contributed by atoms with E-state index in [0.717, 1.165) is 36.5 Å². The lowest BCUT2D eigenvalue weighted by Crippen LogP contribution is -2.17. The second-order valence-electron chi connectivity index (χ2n) is 4.32. The highest BCUT2D eigenvalue weighted by atomic mass is 32.2. The second-order valence-corrected chi connectivity index (χ2v) is 5.62. The predicted octanol–water partition coefficient (Wildman–Crippen LogP) is 2.82. The zero-order valence-electron chi connectivity index (χ0n) is 10.9. The van der Waals surface area contributed by atoms with E-state index in [1.807, 2.05) is 23.9 Å². The Morgan fingerprint density at radius 3 is 3.06 bits per heavy atom. The molecule has 1 aliphatic heterocycles. The summed E-state index contributed by atoms with van der Waals surface area (Å²) in [5.74, 6) is 1.95. The van der Waals surface area contributed by atoms with Gasteiger partial charge in [0, 0.05) is 23.6 Å². The van der Waals surface area contributed by atoms with Crippen molar-refractivity contribution in [3.8, 4) is 5.75 Å². The Morgan fingerprint density at radius 2 is 2.39 bits per heavy atom. The lowest BCUT2D eigenvalue weighted by molar-refractivity contribution is 0.0675. The Labute approximate surface area is 113 Å². The average Bonchev–Trinajstić information content (AvgIpc) is 2.90. The Kier molecular flexibility index (Phi) is 5.35. The van der Waals surface area contributed by atoms with E-state index in [9.17, 15) is 0 Å². The van der Waals surface area contributed by atoms with Crippen LogP contribution >= 0.6 is 11.8 Å². The largest absolute Gasteiger partial charge is 0.491 e. The second kappa shape index (κ2) is 7.02. The molecule has 1 atom stereocenters. The van der Waals surface area contributed by atoms with Crippen molar-refractivity contribution in [2.75, 3.05) is 19.0 Å². The Bertz CT molecular complexity index is 378. The lowest BCUT2D eigenvalue weighted by Gasteiger charge is -2.16. The van der Waals surface area contributed by atoms with Crippen molar-refractivity contribution in [2.45, 2.75) is 37.3 Å². The molecule has 1 fully saturated rings. The van der Waals surface area contributed by atoms with Crippen LogP contribution < -0.4 is 10.5 Å². The SMILES string of the molecule is CCSc1cccc(OCC2CCCO2)c1CN. The summed E-state index contributed by atoms with van der Waals surface area (Å²) in [6, 6.07) is 6.13. The summed E-state index contributed by atoms with van der Waals surface area (Å²) in [5, 5.41) is 0. The van der Waals surface area contributed by atoms with Crippen LogP contribution in [0.3, 0.4) is 0 Å². The topological polar surface area (TPSA) is 44.5 Å². The summed E-state index contributed by atoms with van der Waals surface area (Å²) in [5.41, 5.74) is 6.95. The molecule has 2 rings (SSSR count). The minimum Gasteiger partial charge on any atom is -0.491 e. The molecule has 1 heterocycles. The number of ether oxygens (including phenoxy) is 2. The van der Waals surface area contributed by atoms with Crippen LogP contribution in [0.25, 0.3) is 0 Å². The fourth-order valence-electron chi connectivity index (χ4n) is 2.13. The zero-order valence-corrected chi connectivity index (χ0v) is 11.7. The number of benzene rings is 1. The first-order valence-corrected chi connectivity index (χ1v) is 7.52. The molecule has 100 valence electrons. The van der Waals surface area contributed by atoms with Crippen molar-refractivity contribution < 1.29 is 9.47 Å². The summed E-state index contributed by atoms with van der Waals surface area (Å²) in [6.07, 6.45) is 2.49. The minimum absolute atomic E-state index is 0.248. The Morgan fingerprint density at radius 1 is 1.50 bits per heavy atom. The van der Waals surface area contributed by atoms with E-state index in [2.05, 4.69) is 13.0 Å². The van der Waals surface area contributed by atoms with Crippen LogP contribution in [0.1, 0.15) is 25.3 Å². The molecular formula is C14H21NO2S. The van der Waals surface area contributed by atoms with E-state index in [1.165, 1.54) is 4.90 Å². The van der Waals surface area contributed by atoms with Gasteiger partial charge in [-0.3, -0.25) is 0 Å². The van der Waals surface area contributed by atoms with Crippen molar-refractivity contribution >= 4 is 11.8 Å². The molecular weight excluding hydrogens is 246 g/mol. The third-order valence-electron chi connectivity index (χ3n) is 3.04. The van der Waals surface area contributed by atoms with E-state index < -0.39 is 0 Å². The van der Waals surface area contributed by atoms with Gasteiger partial charge in [0.15, 0.2) is 0 Å². The van der Waals surface area contributed by atoms with Crippen molar-refractivity contribution in [1.29, 1.82) is 0 Å². The highest BCUT2D eigenvalue weighted by Gasteiger charge is 2.17. The molecule has 1 saturated heterocycles. The van der Waals surface area contributed by atoms with Gasteiger partial charge in [0.1, 0.15) is 12.4 Å². The number of thioether (sulfide) groups is 1. The maximum atomic E-state index is 5.88. The number of rotatable bonds is 6. The molecule has 0 saturated carbocycles. The standard InChI is InChI=1S/C14H21NO2S/c1-2-18-14-7-3-6-13(12(14)9-15)17-10-11-5-4-8-16-11/h3,6-7,11H,2,4-5,8-10,15H2,1H3. The summed E-state index contributed by atoms with van der Waals surface area (Å²) < 4.78 is 11.4. The summed E-state index contributed by atoms with van der Waals surface area (Å²) in [4.78, 5) is 1.23. The quantitative estimate of drug-likeness (QED) is 0.805. The maximum absolute atomic E-state index is 5.88. The molecule has 2 N–H and O–H groups in total. The van der Waals surface area contributed by atoms with E-state index >= 15 is 0 Å². The van der Waals surface area contributed by atoms with Crippen molar-refractivity contribution in [3.63, 3.8) is 0 Å². The molecule has 3 nitrogen and oxygen atoms in total. The van der Waals surface area contributed by atoms with E-state index in [-0.39, 0.29) is 6.10 Å². The molecule has 1 aliphatic rings. The highest BCUT2D eigenvalue weighted by molar-refractivity contribution is 7.99. The predicted molar refractivity (Wildman–Crippen MR) is 75.2 cm³/mol. The van der Waals surface area contributed by atoms with Crippen molar-refractivity contribution in [3.05, 3.63) is 23.8 Å². The normalized spacial score (nSPS) is 19.1. The van der Waals surface area contributed by atoms with Gasteiger partial charge in [0.05, 0.1) is 6.10 Å². The number of nitrogens with two attached hydrogens (primary N) is 1. The van der Waals surface area contributed by atoms with Crippen molar-refractivity contribution in [1.82, 2.24) is 0 Å². The van der Waals surface area contributed by atoms with E-state index in [1.54, 1.807) is 0 Å². The molecule has 0 spiro atoms. The molecule has 1 aromatic carbocycles. The molecule has 0 amide bonds. The number of hydrogen-bond donors (Lipinski definition) is 1. The van der Waals surface area contributed by atoms with E-state index in [4.69, 9.17) is 15.2 Å². The van der Waals surface area contributed by atoms with Crippen molar-refractivity contribution in [2.24, 2.45) is 5.73 Å².